The van der Waals surface area contributed by atoms with Gasteiger partial charge in [-0.3, -0.25) is 0 Å². The van der Waals surface area contributed by atoms with E-state index >= 15 is 0 Å². The van der Waals surface area contributed by atoms with Gasteiger partial charge in [0, 0.05) is 55.9 Å². The Hall–Kier alpha value is 1.60. The third-order valence-corrected chi connectivity index (χ3v) is 14.0. The molecule has 10 heteroatoms. The summed E-state index contributed by atoms with van der Waals surface area (Å²) in [6.45, 7) is 9.18. The van der Waals surface area contributed by atoms with Crippen LogP contribution in [0.3, 0.4) is 0 Å². The Morgan fingerprint density at radius 1 is 0.421 bits per heavy atom. The van der Waals surface area contributed by atoms with E-state index in [-0.39, 0.29) is 119 Å². The van der Waals surface area contributed by atoms with E-state index in [0.717, 1.165) is 23.8 Å². The van der Waals surface area contributed by atoms with Crippen molar-refractivity contribution >= 4 is 24.4 Å². The molecule has 0 atom stereocenters. The van der Waals surface area contributed by atoms with Crippen LogP contribution in [-0.2, 0) is 33.3 Å². The molecule has 2 aromatic carbocycles. The largest absolute Gasteiger partial charge is 1.00 e. The predicted octanol–water partition coefficient (Wildman–Crippen LogP) is 5.04. The second-order valence-electron chi connectivity index (χ2n) is 19.3. The molecule has 6 fully saturated rings. The minimum Gasteiger partial charge on any atom is -0.540 e. The van der Waals surface area contributed by atoms with Crippen molar-refractivity contribution in [3.8, 4) is 11.1 Å². The van der Waals surface area contributed by atoms with Crippen LogP contribution in [0.25, 0.3) is 11.1 Å². The number of hydrogen-bond acceptors (Lipinski definition) is 6. The Balaban J connectivity index is 0.00000310. The van der Waals surface area contributed by atoms with Gasteiger partial charge in [-0.2, -0.15) is 0 Å². The van der Waals surface area contributed by atoms with Crippen molar-refractivity contribution in [1.82, 2.24) is 0 Å². The van der Waals surface area contributed by atoms with E-state index < -0.39 is 13.5 Å². The summed E-state index contributed by atoms with van der Waals surface area (Å²) in [6.07, 6.45) is 29.1. The summed E-state index contributed by atoms with van der Waals surface area (Å²) < 4.78 is 39.0. The molecule has 306 valence electrons. The molecule has 7 aliphatic rings. The molecule has 0 spiro atoms. The molecule has 0 aromatic heterocycles. The van der Waals surface area contributed by atoms with Gasteiger partial charge < -0.3 is 27.9 Å². The Morgan fingerprint density at radius 2 is 0.702 bits per heavy atom. The zero-order valence-corrected chi connectivity index (χ0v) is 43.6. The van der Waals surface area contributed by atoms with Crippen LogP contribution >= 0.6 is 0 Å². The second-order valence-corrected chi connectivity index (χ2v) is 19.3. The van der Waals surface area contributed by atoms with Gasteiger partial charge in [-0.05, 0) is 35.1 Å². The number of fused-ring (bicyclic) bond motifs is 9. The smallest absolute Gasteiger partial charge is 0.540 e. The van der Waals surface area contributed by atoms with Gasteiger partial charge in [-0.15, -0.1) is 10.9 Å². The fourth-order valence-electron chi connectivity index (χ4n) is 10.4. The molecule has 6 aliphatic heterocycles. The maximum absolute atomic E-state index is 6.50. The van der Waals surface area contributed by atoms with Gasteiger partial charge in [0.25, 0.3) is 0 Å². The van der Waals surface area contributed by atoms with E-state index in [2.05, 4.69) is 64.1 Å². The van der Waals surface area contributed by atoms with E-state index in [1.807, 2.05) is 0 Å². The van der Waals surface area contributed by atoms with Gasteiger partial charge >= 0.3 is 116 Å². The molecular formula is C47H74B2K2O6. The van der Waals surface area contributed by atoms with Crippen molar-refractivity contribution in [3.05, 3.63) is 47.5 Å². The van der Waals surface area contributed by atoms with Crippen molar-refractivity contribution in [3.63, 3.8) is 0 Å². The van der Waals surface area contributed by atoms with E-state index in [9.17, 15) is 0 Å². The Morgan fingerprint density at radius 3 is 1.00 bits per heavy atom. The predicted molar refractivity (Wildman–Crippen MR) is 228 cm³/mol. The molecule has 57 heavy (non-hydrogen) atoms. The molecule has 2 aromatic rings. The summed E-state index contributed by atoms with van der Waals surface area (Å²) in [6, 6.07) is 14.0. The van der Waals surface area contributed by atoms with Crippen molar-refractivity contribution in [2.24, 2.45) is 10.8 Å². The van der Waals surface area contributed by atoms with Gasteiger partial charge in [0.2, 0.25) is 0 Å². The number of unbranched alkanes of at least 4 members (excludes halogenated alkanes) is 18. The zero-order valence-electron chi connectivity index (χ0n) is 37.4. The SMILES string of the molecule is CCCCCCCCCCCCC1(CCCCCCCCCCCC)c2cc([B-]34OCC(C)(CO3)CO4)ccc2-c2ccc([B-]34OCC(C)(CO3)CO4)cc21.[K+].[K+]. The molecule has 0 radical (unpaired) electrons. The summed E-state index contributed by atoms with van der Waals surface area (Å²) in [4.78, 5) is 0. The number of rotatable bonds is 24. The average Bonchev–Trinajstić information content (AvgIpc) is 3.48. The molecule has 6 nitrogen and oxygen atoms in total. The number of benzene rings is 2. The zero-order chi connectivity index (χ0) is 38.2. The molecule has 9 rings (SSSR count). The second kappa shape index (κ2) is 23.0. The monoisotopic (exact) mass is 834 g/mol. The van der Waals surface area contributed by atoms with Crippen LogP contribution in [0, 0.1) is 10.8 Å². The van der Waals surface area contributed by atoms with E-state index in [1.54, 1.807) is 0 Å². The standard InChI is InChI=1S/C47H74B2O6.2K/c1-5-7-9-11-13-15-17-19-21-23-29-47(30-24-22-20-18-16-14-12-10-8-6-2)43-31-39(48-50-33-45(3,34-51-48)35-52-48)25-27-41(43)42-28-26-40(32-44(42)47)49-53-36-46(4,37-54-49)38-55-49;;/h25-28,31-32H,5-24,29-30,33-38H2,1-4H3;;/q-2;2*+1. The molecule has 6 heterocycles. The molecule has 4 bridgehead atoms. The summed E-state index contributed by atoms with van der Waals surface area (Å²) in [7, 11) is 0. The Labute approximate surface area is 432 Å². The number of hydrogen-bond donors (Lipinski definition) is 0. The third-order valence-electron chi connectivity index (χ3n) is 14.0. The normalized spacial score (nSPS) is 27.8. The quantitative estimate of drug-likeness (QED) is 0.109. The van der Waals surface area contributed by atoms with Gasteiger partial charge in [-0.25, -0.2) is 0 Å². The van der Waals surface area contributed by atoms with Gasteiger partial charge in [0.1, 0.15) is 0 Å². The van der Waals surface area contributed by atoms with Crippen LogP contribution in [0.2, 0.25) is 0 Å². The fraction of sp³-hybridized carbons (Fsp3) is 0.745. The van der Waals surface area contributed by atoms with Crippen LogP contribution in [0.4, 0.5) is 0 Å². The average molecular weight is 835 g/mol. The van der Waals surface area contributed by atoms with Crippen molar-refractivity contribution in [2.75, 3.05) is 39.6 Å². The minimum absolute atomic E-state index is 0. The van der Waals surface area contributed by atoms with Crippen molar-refractivity contribution < 1.29 is 131 Å². The Kier molecular flexibility index (Phi) is 20.0. The molecule has 0 N–H and O–H groups in total. The topological polar surface area (TPSA) is 55.4 Å². The molecule has 0 amide bonds. The van der Waals surface area contributed by atoms with Gasteiger partial charge in [-0.1, -0.05) is 193 Å². The summed E-state index contributed by atoms with van der Waals surface area (Å²) in [5.74, 6) is 0. The first-order chi connectivity index (χ1) is 26.8. The maximum Gasteiger partial charge on any atom is 1.00 e. The van der Waals surface area contributed by atoms with Crippen LogP contribution in [0.1, 0.15) is 180 Å². The molecule has 6 saturated heterocycles. The minimum atomic E-state index is -1.95. The Bertz CT molecular complexity index is 1390. The first-order valence-corrected chi connectivity index (χ1v) is 23.2. The van der Waals surface area contributed by atoms with Gasteiger partial charge in [0.05, 0.1) is 0 Å². The summed E-state index contributed by atoms with van der Waals surface area (Å²) >= 11 is 0. The molecule has 0 saturated carbocycles. The first kappa shape index (κ1) is 49.6. The van der Waals surface area contributed by atoms with Gasteiger partial charge in [0.15, 0.2) is 0 Å². The van der Waals surface area contributed by atoms with E-state index in [0.29, 0.717) is 39.6 Å². The van der Waals surface area contributed by atoms with Crippen LogP contribution in [0.15, 0.2) is 36.4 Å². The van der Waals surface area contributed by atoms with Crippen molar-refractivity contribution in [2.45, 2.75) is 174 Å². The molecular weight excluding hydrogens is 760 g/mol. The fourth-order valence-corrected chi connectivity index (χ4v) is 10.4. The van der Waals surface area contributed by atoms with E-state index in [4.69, 9.17) is 27.9 Å². The summed E-state index contributed by atoms with van der Waals surface area (Å²) in [5.41, 5.74) is 7.43. The molecule has 1 aliphatic carbocycles. The van der Waals surface area contributed by atoms with E-state index in [1.165, 1.54) is 151 Å². The van der Waals surface area contributed by atoms with Crippen LogP contribution in [-0.4, -0.2) is 53.2 Å². The summed E-state index contributed by atoms with van der Waals surface area (Å²) in [5, 5.41) is 0. The van der Waals surface area contributed by atoms with Crippen molar-refractivity contribution in [1.29, 1.82) is 0 Å². The first-order valence-electron chi connectivity index (χ1n) is 23.2. The van der Waals surface area contributed by atoms with Crippen LogP contribution < -0.4 is 114 Å². The van der Waals surface area contributed by atoms with Crippen LogP contribution in [0.5, 0.6) is 0 Å². The maximum atomic E-state index is 6.50. The third kappa shape index (κ3) is 11.7. The molecule has 0 unspecified atom stereocenters.